The Labute approximate surface area is 151 Å². The summed E-state index contributed by atoms with van der Waals surface area (Å²) < 4.78 is 0. The van der Waals surface area contributed by atoms with Gasteiger partial charge < -0.3 is 5.32 Å². The molecular weight excluding hydrogens is 306 g/mol. The van der Waals surface area contributed by atoms with Gasteiger partial charge in [-0.1, -0.05) is 50.2 Å². The molecule has 2 nitrogen and oxygen atoms in total. The van der Waals surface area contributed by atoms with Crippen molar-refractivity contribution in [3.05, 3.63) is 70.8 Å². The molecule has 0 saturated carbocycles. The van der Waals surface area contributed by atoms with Crippen LogP contribution in [-0.4, -0.2) is 11.9 Å². The van der Waals surface area contributed by atoms with Crippen molar-refractivity contribution in [2.75, 3.05) is 0 Å². The number of carbonyl (C=O) groups excluding carboxylic acids is 1. The maximum Gasteiger partial charge on any atom is 0.251 e. The van der Waals surface area contributed by atoms with Gasteiger partial charge in [0.25, 0.3) is 5.91 Å². The number of amides is 1. The number of nitrogens with one attached hydrogen (secondary N) is 1. The van der Waals surface area contributed by atoms with Crippen LogP contribution in [0.4, 0.5) is 0 Å². The molecule has 0 radical (unpaired) electrons. The van der Waals surface area contributed by atoms with Crippen molar-refractivity contribution >= 4 is 5.91 Å². The van der Waals surface area contributed by atoms with Crippen LogP contribution in [0.2, 0.25) is 0 Å². The van der Waals surface area contributed by atoms with E-state index in [1.54, 1.807) is 0 Å². The molecule has 1 amide bonds. The predicted octanol–water partition coefficient (Wildman–Crippen LogP) is 5.05. The highest BCUT2D eigenvalue weighted by molar-refractivity contribution is 5.94. The molecule has 1 N–H and O–H groups in total. The Morgan fingerprint density at radius 3 is 2.44 bits per heavy atom. The molecule has 2 heteroatoms. The summed E-state index contributed by atoms with van der Waals surface area (Å²) in [7, 11) is 0. The zero-order valence-corrected chi connectivity index (χ0v) is 15.6. The number of carbonyl (C=O) groups is 1. The van der Waals surface area contributed by atoms with Crippen molar-refractivity contribution in [2.45, 2.75) is 64.3 Å². The van der Waals surface area contributed by atoms with Crippen molar-refractivity contribution in [1.29, 1.82) is 0 Å². The molecule has 2 aromatic carbocycles. The third-order valence-electron chi connectivity index (χ3n) is 5.36. The van der Waals surface area contributed by atoms with E-state index in [-0.39, 0.29) is 17.4 Å². The van der Waals surface area contributed by atoms with E-state index in [1.807, 2.05) is 12.1 Å². The fourth-order valence-corrected chi connectivity index (χ4v) is 4.01. The van der Waals surface area contributed by atoms with Gasteiger partial charge in [-0.3, -0.25) is 4.79 Å². The summed E-state index contributed by atoms with van der Waals surface area (Å²) >= 11 is 0. The molecule has 0 fully saturated rings. The quantitative estimate of drug-likeness (QED) is 0.814. The predicted molar refractivity (Wildman–Crippen MR) is 104 cm³/mol. The minimum absolute atomic E-state index is 0.0316. The molecule has 0 unspecified atom stereocenters. The maximum absolute atomic E-state index is 12.7. The van der Waals surface area contributed by atoms with Gasteiger partial charge in [0.15, 0.2) is 0 Å². The fourth-order valence-electron chi connectivity index (χ4n) is 4.01. The number of hydrogen-bond donors (Lipinski definition) is 1. The lowest BCUT2D eigenvalue weighted by Gasteiger charge is -2.29. The second kappa shape index (κ2) is 7.43. The second-order valence-corrected chi connectivity index (χ2v) is 8.02. The summed E-state index contributed by atoms with van der Waals surface area (Å²) in [6, 6.07) is 16.9. The Bertz CT molecular complexity index is 733. The van der Waals surface area contributed by atoms with Gasteiger partial charge in [-0.05, 0) is 73.3 Å². The first kappa shape index (κ1) is 17.7. The van der Waals surface area contributed by atoms with Crippen LogP contribution >= 0.6 is 0 Å². The van der Waals surface area contributed by atoms with Gasteiger partial charge >= 0.3 is 0 Å². The first-order valence-corrected chi connectivity index (χ1v) is 9.44. The normalized spacial score (nSPS) is 15.3. The first-order valence-electron chi connectivity index (χ1n) is 9.44. The lowest BCUT2D eigenvalue weighted by Crippen LogP contribution is -2.37. The Kier molecular flexibility index (Phi) is 5.27. The van der Waals surface area contributed by atoms with Gasteiger partial charge in [-0.2, -0.15) is 0 Å². The van der Waals surface area contributed by atoms with Crippen molar-refractivity contribution in [1.82, 2.24) is 5.32 Å². The van der Waals surface area contributed by atoms with Crippen LogP contribution in [0.3, 0.4) is 0 Å². The number of hydrogen-bond acceptors (Lipinski definition) is 1. The Balaban J connectivity index is 1.64. The lowest BCUT2D eigenvalue weighted by atomic mass is 9.79. The van der Waals surface area contributed by atoms with Crippen molar-refractivity contribution in [3.8, 4) is 0 Å². The molecule has 1 aliphatic carbocycles. The van der Waals surface area contributed by atoms with E-state index in [9.17, 15) is 4.79 Å². The molecule has 3 rings (SSSR count). The van der Waals surface area contributed by atoms with Gasteiger partial charge in [0, 0.05) is 11.6 Å². The van der Waals surface area contributed by atoms with Crippen LogP contribution in [0.15, 0.2) is 48.5 Å². The largest absolute Gasteiger partial charge is 0.350 e. The summed E-state index contributed by atoms with van der Waals surface area (Å²) in [6.07, 6.45) is 5.67. The Morgan fingerprint density at radius 2 is 1.72 bits per heavy atom. The summed E-state index contributed by atoms with van der Waals surface area (Å²) in [6.45, 7) is 6.58. The zero-order chi connectivity index (χ0) is 17.9. The van der Waals surface area contributed by atoms with Gasteiger partial charge in [0.1, 0.15) is 0 Å². The fraction of sp³-hybridized carbons (Fsp3) is 0.435. The summed E-state index contributed by atoms with van der Waals surface area (Å²) in [5.74, 6) is 0.0461. The van der Waals surface area contributed by atoms with Crippen molar-refractivity contribution < 1.29 is 4.79 Å². The van der Waals surface area contributed by atoms with Crippen LogP contribution in [0, 0.1) is 0 Å². The highest BCUT2D eigenvalue weighted by Crippen LogP contribution is 2.28. The van der Waals surface area contributed by atoms with Crippen LogP contribution < -0.4 is 5.32 Å². The molecule has 0 saturated heterocycles. The van der Waals surface area contributed by atoms with Gasteiger partial charge in [0.2, 0.25) is 0 Å². The van der Waals surface area contributed by atoms with E-state index in [0.29, 0.717) is 0 Å². The van der Waals surface area contributed by atoms with E-state index >= 15 is 0 Å². The standard InChI is InChI=1S/C23H29NO/c1-17(16-23(2,3)21-11-5-4-6-12-21)24-22(25)20-14-13-18-9-7-8-10-19(18)15-20/h4-6,11-15,17H,7-10,16H2,1-3H3,(H,24,25)/t17-/m0/s1. The summed E-state index contributed by atoms with van der Waals surface area (Å²) in [5.41, 5.74) is 4.91. The molecule has 0 bridgehead atoms. The molecule has 0 heterocycles. The smallest absolute Gasteiger partial charge is 0.251 e. The molecule has 0 spiro atoms. The molecule has 2 aromatic rings. The van der Waals surface area contributed by atoms with Crippen LogP contribution in [0.1, 0.15) is 67.1 Å². The molecule has 0 aliphatic heterocycles. The summed E-state index contributed by atoms with van der Waals surface area (Å²) in [4.78, 5) is 12.7. The van der Waals surface area contributed by atoms with Crippen LogP contribution in [0.25, 0.3) is 0 Å². The molecule has 1 aliphatic rings. The maximum atomic E-state index is 12.7. The van der Waals surface area contributed by atoms with Crippen LogP contribution in [0.5, 0.6) is 0 Å². The zero-order valence-electron chi connectivity index (χ0n) is 15.6. The number of aryl methyl sites for hydroxylation is 2. The van der Waals surface area contributed by atoms with E-state index in [0.717, 1.165) is 24.8 Å². The third-order valence-corrected chi connectivity index (χ3v) is 5.36. The van der Waals surface area contributed by atoms with Gasteiger partial charge in [-0.25, -0.2) is 0 Å². The van der Waals surface area contributed by atoms with Crippen LogP contribution in [-0.2, 0) is 18.3 Å². The minimum atomic E-state index is 0.0316. The number of fused-ring (bicyclic) bond motifs is 1. The first-order chi connectivity index (χ1) is 12.0. The minimum Gasteiger partial charge on any atom is -0.350 e. The lowest BCUT2D eigenvalue weighted by molar-refractivity contribution is 0.0934. The molecule has 1 atom stereocenters. The highest BCUT2D eigenvalue weighted by Gasteiger charge is 2.24. The second-order valence-electron chi connectivity index (χ2n) is 8.02. The number of rotatable bonds is 5. The highest BCUT2D eigenvalue weighted by atomic mass is 16.1. The van der Waals surface area contributed by atoms with Crippen molar-refractivity contribution in [3.63, 3.8) is 0 Å². The molecule has 25 heavy (non-hydrogen) atoms. The Morgan fingerprint density at radius 1 is 1.04 bits per heavy atom. The molecular formula is C23H29NO. The molecule has 0 aromatic heterocycles. The third kappa shape index (κ3) is 4.31. The number of benzene rings is 2. The van der Waals surface area contributed by atoms with E-state index in [4.69, 9.17) is 0 Å². The average molecular weight is 335 g/mol. The van der Waals surface area contributed by atoms with E-state index in [1.165, 1.54) is 29.5 Å². The monoisotopic (exact) mass is 335 g/mol. The van der Waals surface area contributed by atoms with Crippen molar-refractivity contribution in [2.24, 2.45) is 0 Å². The topological polar surface area (TPSA) is 29.1 Å². The van der Waals surface area contributed by atoms with E-state index in [2.05, 4.69) is 62.5 Å². The van der Waals surface area contributed by atoms with Gasteiger partial charge in [0.05, 0.1) is 0 Å². The summed E-state index contributed by atoms with van der Waals surface area (Å²) in [5, 5.41) is 3.19. The molecule has 132 valence electrons. The average Bonchev–Trinajstić information content (AvgIpc) is 2.61. The van der Waals surface area contributed by atoms with Gasteiger partial charge in [-0.15, -0.1) is 0 Å². The van der Waals surface area contributed by atoms with E-state index < -0.39 is 0 Å². The Hall–Kier alpha value is -2.09. The SMILES string of the molecule is C[C@@H](CC(C)(C)c1ccccc1)NC(=O)c1ccc2c(c1)CCCC2.